The first-order valence-corrected chi connectivity index (χ1v) is 5.59. The SMILES string of the molecule is COc1cc(C=O)cc(OC)c1OC(C)(O)C(O)C#N. The Morgan fingerprint density at radius 1 is 1.35 bits per heavy atom. The predicted molar refractivity (Wildman–Crippen MR) is 67.8 cm³/mol. The molecule has 1 rings (SSSR count). The van der Waals surface area contributed by atoms with Gasteiger partial charge in [-0.25, -0.2) is 0 Å². The van der Waals surface area contributed by atoms with E-state index < -0.39 is 11.9 Å². The van der Waals surface area contributed by atoms with E-state index in [1.807, 2.05) is 0 Å². The van der Waals surface area contributed by atoms with Gasteiger partial charge in [0.25, 0.3) is 0 Å². The molecule has 0 fully saturated rings. The maximum atomic E-state index is 10.8. The molecule has 0 heterocycles. The van der Waals surface area contributed by atoms with E-state index in [9.17, 15) is 15.0 Å². The molecule has 20 heavy (non-hydrogen) atoms. The lowest BCUT2D eigenvalue weighted by Crippen LogP contribution is -2.44. The number of hydrogen-bond acceptors (Lipinski definition) is 7. The summed E-state index contributed by atoms with van der Waals surface area (Å²) in [4.78, 5) is 10.8. The molecule has 2 atom stereocenters. The van der Waals surface area contributed by atoms with Gasteiger partial charge in [0.1, 0.15) is 12.4 Å². The number of benzene rings is 1. The first-order chi connectivity index (χ1) is 9.39. The molecule has 1 aromatic carbocycles. The standard InChI is InChI=1S/C13H15NO6/c1-13(17,11(16)6-14)20-12-9(18-2)4-8(7-15)5-10(12)19-3/h4-5,7,11,16-17H,1-3H3. The highest BCUT2D eigenvalue weighted by molar-refractivity contribution is 5.78. The molecule has 7 nitrogen and oxygen atoms in total. The molecule has 1 aromatic rings. The molecule has 2 unspecified atom stereocenters. The Labute approximate surface area is 115 Å². The van der Waals surface area contributed by atoms with Crippen LogP contribution in [0.1, 0.15) is 17.3 Å². The van der Waals surface area contributed by atoms with E-state index in [1.165, 1.54) is 32.4 Å². The molecule has 0 saturated carbocycles. The summed E-state index contributed by atoms with van der Waals surface area (Å²) in [5.74, 6) is -1.95. The molecule has 0 aliphatic carbocycles. The van der Waals surface area contributed by atoms with Crippen LogP contribution in [0.25, 0.3) is 0 Å². The molecule has 0 amide bonds. The number of aliphatic hydroxyl groups is 2. The summed E-state index contributed by atoms with van der Waals surface area (Å²) in [7, 11) is 2.68. The largest absolute Gasteiger partial charge is 0.493 e. The molecule has 7 heteroatoms. The molecule has 108 valence electrons. The Balaban J connectivity index is 3.30. The fourth-order valence-corrected chi connectivity index (χ4v) is 1.45. The summed E-state index contributed by atoms with van der Waals surface area (Å²) < 4.78 is 15.3. The fraction of sp³-hybridized carbons (Fsp3) is 0.385. The first kappa shape index (κ1) is 15.8. The summed E-state index contributed by atoms with van der Waals surface area (Å²) >= 11 is 0. The summed E-state index contributed by atoms with van der Waals surface area (Å²) in [6, 6.07) is 4.22. The summed E-state index contributed by atoms with van der Waals surface area (Å²) in [6.45, 7) is 1.12. The zero-order chi connectivity index (χ0) is 15.3. The Bertz CT molecular complexity index is 509. The number of rotatable bonds is 6. The number of aldehydes is 1. The lowest BCUT2D eigenvalue weighted by molar-refractivity contribution is -0.175. The lowest BCUT2D eigenvalue weighted by atomic mass is 10.1. The van der Waals surface area contributed by atoms with Gasteiger partial charge >= 0.3 is 0 Å². The van der Waals surface area contributed by atoms with Gasteiger partial charge in [0.2, 0.25) is 17.6 Å². The van der Waals surface area contributed by atoms with Gasteiger partial charge in [-0.15, -0.1) is 0 Å². The Hall–Kier alpha value is -2.30. The van der Waals surface area contributed by atoms with Crippen molar-refractivity contribution >= 4 is 6.29 Å². The second-order valence-corrected chi connectivity index (χ2v) is 4.06. The molecular weight excluding hydrogens is 266 g/mol. The third-order valence-corrected chi connectivity index (χ3v) is 2.56. The first-order valence-electron chi connectivity index (χ1n) is 5.59. The van der Waals surface area contributed by atoms with Crippen molar-refractivity contribution in [2.24, 2.45) is 0 Å². The highest BCUT2D eigenvalue weighted by Gasteiger charge is 2.35. The molecular formula is C13H15NO6. The quantitative estimate of drug-likeness (QED) is 0.443. The second-order valence-electron chi connectivity index (χ2n) is 4.06. The number of carbonyl (C=O) groups is 1. The maximum Gasteiger partial charge on any atom is 0.245 e. The molecule has 2 N–H and O–H groups in total. The smallest absolute Gasteiger partial charge is 0.245 e. The van der Waals surface area contributed by atoms with Crippen LogP contribution in [0.4, 0.5) is 0 Å². The summed E-state index contributed by atoms with van der Waals surface area (Å²) in [5, 5.41) is 28.0. The number of hydrogen-bond donors (Lipinski definition) is 2. The Kier molecular flexibility index (Phi) is 4.91. The van der Waals surface area contributed by atoms with Crippen LogP contribution >= 0.6 is 0 Å². The zero-order valence-corrected chi connectivity index (χ0v) is 11.3. The van der Waals surface area contributed by atoms with Crippen molar-refractivity contribution in [2.45, 2.75) is 18.8 Å². The van der Waals surface area contributed by atoms with E-state index in [2.05, 4.69) is 0 Å². The normalized spacial score (nSPS) is 14.6. The predicted octanol–water partition coefficient (Wildman–Crippen LogP) is 0.488. The highest BCUT2D eigenvalue weighted by atomic mass is 16.6. The second kappa shape index (κ2) is 6.23. The third kappa shape index (κ3) is 3.17. The van der Waals surface area contributed by atoms with Gasteiger partial charge < -0.3 is 24.4 Å². The van der Waals surface area contributed by atoms with Gasteiger partial charge in [-0.05, 0) is 12.1 Å². The van der Waals surface area contributed by atoms with Crippen molar-refractivity contribution in [3.8, 4) is 23.3 Å². The van der Waals surface area contributed by atoms with Gasteiger partial charge in [0, 0.05) is 12.5 Å². The topological polar surface area (TPSA) is 109 Å². The van der Waals surface area contributed by atoms with Crippen molar-refractivity contribution in [1.82, 2.24) is 0 Å². The van der Waals surface area contributed by atoms with Crippen LogP contribution in [0.2, 0.25) is 0 Å². The van der Waals surface area contributed by atoms with E-state index in [1.54, 1.807) is 0 Å². The van der Waals surface area contributed by atoms with E-state index in [-0.39, 0.29) is 22.8 Å². The summed E-state index contributed by atoms with van der Waals surface area (Å²) in [5.41, 5.74) is 0.284. The number of aliphatic hydroxyl groups excluding tert-OH is 1. The van der Waals surface area contributed by atoms with Crippen LogP contribution in [0, 0.1) is 11.3 Å². The minimum absolute atomic E-state index is 0.0279. The monoisotopic (exact) mass is 281 g/mol. The van der Waals surface area contributed by atoms with Crippen molar-refractivity contribution in [1.29, 1.82) is 5.26 Å². The molecule has 0 aliphatic heterocycles. The molecule has 0 aliphatic rings. The summed E-state index contributed by atoms with van der Waals surface area (Å²) in [6.07, 6.45) is -1.18. The van der Waals surface area contributed by atoms with Crippen LogP contribution in [-0.2, 0) is 0 Å². The van der Waals surface area contributed by atoms with Crippen molar-refractivity contribution < 1.29 is 29.2 Å². The Morgan fingerprint density at radius 3 is 2.20 bits per heavy atom. The van der Waals surface area contributed by atoms with Crippen LogP contribution < -0.4 is 14.2 Å². The molecule has 0 radical (unpaired) electrons. The fourth-order valence-electron chi connectivity index (χ4n) is 1.45. The Morgan fingerprint density at radius 2 is 1.85 bits per heavy atom. The van der Waals surface area contributed by atoms with Gasteiger partial charge in [-0.1, -0.05) is 0 Å². The number of ether oxygens (including phenoxy) is 3. The molecule has 0 spiro atoms. The highest BCUT2D eigenvalue weighted by Crippen LogP contribution is 2.40. The average Bonchev–Trinajstić information content (AvgIpc) is 2.45. The minimum atomic E-state index is -2.17. The van der Waals surface area contributed by atoms with E-state index in [0.29, 0.717) is 6.29 Å². The number of nitrogens with zero attached hydrogens (tertiary/aromatic N) is 1. The molecule has 0 saturated heterocycles. The van der Waals surface area contributed by atoms with Gasteiger partial charge in [-0.2, -0.15) is 5.26 Å². The van der Waals surface area contributed by atoms with Crippen molar-refractivity contribution in [3.05, 3.63) is 17.7 Å². The number of carbonyl (C=O) groups excluding carboxylic acids is 1. The van der Waals surface area contributed by atoms with E-state index in [0.717, 1.165) is 6.92 Å². The van der Waals surface area contributed by atoms with Crippen molar-refractivity contribution in [3.63, 3.8) is 0 Å². The van der Waals surface area contributed by atoms with Crippen LogP contribution in [0.5, 0.6) is 17.2 Å². The van der Waals surface area contributed by atoms with Crippen LogP contribution in [0.3, 0.4) is 0 Å². The van der Waals surface area contributed by atoms with Gasteiger partial charge in [0.15, 0.2) is 11.5 Å². The van der Waals surface area contributed by atoms with Crippen LogP contribution in [-0.4, -0.2) is 42.6 Å². The number of nitriles is 1. The zero-order valence-electron chi connectivity index (χ0n) is 11.3. The van der Waals surface area contributed by atoms with Gasteiger partial charge in [-0.3, -0.25) is 4.79 Å². The van der Waals surface area contributed by atoms with Crippen molar-refractivity contribution in [2.75, 3.05) is 14.2 Å². The molecule has 0 aromatic heterocycles. The van der Waals surface area contributed by atoms with E-state index >= 15 is 0 Å². The van der Waals surface area contributed by atoms with E-state index in [4.69, 9.17) is 19.5 Å². The lowest BCUT2D eigenvalue weighted by Gasteiger charge is -2.27. The maximum absolute atomic E-state index is 10.8. The van der Waals surface area contributed by atoms with Gasteiger partial charge in [0.05, 0.1) is 14.2 Å². The minimum Gasteiger partial charge on any atom is -0.493 e. The molecule has 0 bridgehead atoms. The third-order valence-electron chi connectivity index (χ3n) is 2.56. The average molecular weight is 281 g/mol. The number of methoxy groups -OCH3 is 2. The van der Waals surface area contributed by atoms with Crippen LogP contribution in [0.15, 0.2) is 12.1 Å².